The van der Waals surface area contributed by atoms with E-state index in [0.717, 1.165) is 16.8 Å². The number of carbonyl (C=O) groups excluding carboxylic acids is 1. The minimum absolute atomic E-state index is 0.0140. The molecule has 27 heavy (non-hydrogen) atoms. The van der Waals surface area contributed by atoms with E-state index in [0.29, 0.717) is 22.4 Å². The number of rotatable bonds is 2. The van der Waals surface area contributed by atoms with Crippen LogP contribution in [0.25, 0.3) is 32.7 Å². The average molecular weight is 366 g/mol. The van der Waals surface area contributed by atoms with E-state index < -0.39 is 23.1 Å². The Morgan fingerprint density at radius 1 is 0.815 bits per heavy atom. The first-order valence-electron chi connectivity index (χ1n) is 8.20. The molecule has 0 unspecified atom stereocenters. The van der Waals surface area contributed by atoms with Crippen LogP contribution in [-0.4, -0.2) is 11.4 Å². The van der Waals surface area contributed by atoms with Gasteiger partial charge in [0.05, 0.1) is 11.1 Å². The molecule has 0 aliphatic carbocycles. The fourth-order valence-electron chi connectivity index (χ4n) is 3.40. The van der Waals surface area contributed by atoms with Gasteiger partial charge in [-0.15, -0.1) is 0 Å². The van der Waals surface area contributed by atoms with Crippen LogP contribution in [-0.2, 0) is 6.18 Å². The smallest absolute Gasteiger partial charge is 0.416 e. The highest BCUT2D eigenvalue weighted by Gasteiger charge is 2.33. The number of hydrogen-bond donors (Lipinski definition) is 1. The molecule has 0 radical (unpaired) electrons. The zero-order valence-electron chi connectivity index (χ0n) is 13.9. The lowest BCUT2D eigenvalue weighted by Gasteiger charge is -2.16. The number of halogens is 3. The number of phenols is 1. The van der Waals surface area contributed by atoms with Gasteiger partial charge in [0.1, 0.15) is 5.75 Å². The van der Waals surface area contributed by atoms with E-state index >= 15 is 0 Å². The van der Waals surface area contributed by atoms with Crippen molar-refractivity contribution in [3.8, 4) is 16.9 Å². The topological polar surface area (TPSA) is 37.3 Å². The maximum atomic E-state index is 13.4. The molecule has 0 saturated heterocycles. The zero-order chi connectivity index (χ0) is 19.2. The number of phenolic OH excluding ortho intramolecular Hbond substituents is 1. The first-order chi connectivity index (χ1) is 12.9. The normalized spacial score (nSPS) is 11.8. The number of aldehydes is 1. The molecule has 0 aromatic heterocycles. The predicted octanol–water partition coefficient (Wildman–Crippen LogP) is 6.20. The Hall–Kier alpha value is -3.34. The average Bonchev–Trinajstić information content (AvgIpc) is 2.65. The van der Waals surface area contributed by atoms with Gasteiger partial charge >= 0.3 is 6.18 Å². The summed E-state index contributed by atoms with van der Waals surface area (Å²) in [4.78, 5) is 11.3. The van der Waals surface area contributed by atoms with Crippen LogP contribution in [0.1, 0.15) is 15.9 Å². The van der Waals surface area contributed by atoms with Crippen molar-refractivity contribution in [3.05, 3.63) is 77.9 Å². The van der Waals surface area contributed by atoms with E-state index in [1.807, 2.05) is 30.3 Å². The first-order valence-corrected chi connectivity index (χ1v) is 8.20. The van der Waals surface area contributed by atoms with E-state index in [1.165, 1.54) is 0 Å². The minimum atomic E-state index is -4.64. The van der Waals surface area contributed by atoms with Crippen LogP contribution in [0, 0.1) is 0 Å². The van der Waals surface area contributed by atoms with Crippen molar-refractivity contribution < 1.29 is 23.1 Å². The third-order valence-electron chi connectivity index (χ3n) is 4.63. The molecule has 4 aromatic carbocycles. The van der Waals surface area contributed by atoms with Crippen LogP contribution in [0.4, 0.5) is 13.2 Å². The SMILES string of the molecule is O=Cc1cc(C(F)(F)F)cc(-c2c3ccccc3cc3ccccc23)c1O. The van der Waals surface area contributed by atoms with Gasteiger partial charge in [-0.2, -0.15) is 13.2 Å². The molecule has 1 N–H and O–H groups in total. The molecule has 5 heteroatoms. The van der Waals surface area contributed by atoms with Crippen LogP contribution >= 0.6 is 0 Å². The minimum Gasteiger partial charge on any atom is -0.507 e. The monoisotopic (exact) mass is 366 g/mol. The second-order valence-corrected chi connectivity index (χ2v) is 6.27. The molecule has 4 aromatic rings. The van der Waals surface area contributed by atoms with Crippen LogP contribution in [0.5, 0.6) is 5.75 Å². The Labute approximate surface area is 152 Å². The van der Waals surface area contributed by atoms with Gasteiger partial charge in [0, 0.05) is 11.1 Å². The number of aromatic hydroxyl groups is 1. The number of carbonyl (C=O) groups is 1. The Kier molecular flexibility index (Phi) is 3.88. The van der Waals surface area contributed by atoms with Crippen LogP contribution in [0.3, 0.4) is 0 Å². The zero-order valence-corrected chi connectivity index (χ0v) is 13.9. The fourth-order valence-corrected chi connectivity index (χ4v) is 3.40. The Morgan fingerprint density at radius 2 is 1.37 bits per heavy atom. The van der Waals surface area contributed by atoms with Gasteiger partial charge in [-0.25, -0.2) is 0 Å². The molecule has 0 aliphatic heterocycles. The van der Waals surface area contributed by atoms with Gasteiger partial charge in [0.15, 0.2) is 6.29 Å². The highest BCUT2D eigenvalue weighted by atomic mass is 19.4. The summed E-state index contributed by atoms with van der Waals surface area (Å²) >= 11 is 0. The van der Waals surface area contributed by atoms with Crippen LogP contribution in [0.2, 0.25) is 0 Å². The largest absolute Gasteiger partial charge is 0.507 e. The summed E-state index contributed by atoms with van der Waals surface area (Å²) < 4.78 is 40.1. The third kappa shape index (κ3) is 2.81. The molecule has 0 bridgehead atoms. The predicted molar refractivity (Wildman–Crippen MR) is 98.9 cm³/mol. The molecule has 0 atom stereocenters. The van der Waals surface area contributed by atoms with Gasteiger partial charge in [-0.3, -0.25) is 4.79 Å². The van der Waals surface area contributed by atoms with E-state index in [1.54, 1.807) is 24.3 Å². The maximum Gasteiger partial charge on any atom is 0.416 e. The fraction of sp³-hybridized carbons (Fsp3) is 0.0455. The van der Waals surface area contributed by atoms with Crippen molar-refractivity contribution in [2.45, 2.75) is 6.18 Å². The van der Waals surface area contributed by atoms with Crippen molar-refractivity contribution in [1.29, 1.82) is 0 Å². The van der Waals surface area contributed by atoms with E-state index in [9.17, 15) is 23.1 Å². The van der Waals surface area contributed by atoms with Gasteiger partial charge in [0.2, 0.25) is 0 Å². The summed E-state index contributed by atoms with van der Waals surface area (Å²) in [6.45, 7) is 0. The molecule has 134 valence electrons. The maximum absolute atomic E-state index is 13.4. The second-order valence-electron chi connectivity index (χ2n) is 6.27. The van der Waals surface area contributed by atoms with E-state index in [4.69, 9.17) is 0 Å². The molecule has 0 spiro atoms. The van der Waals surface area contributed by atoms with E-state index in [2.05, 4.69) is 0 Å². The van der Waals surface area contributed by atoms with Crippen molar-refractivity contribution in [1.82, 2.24) is 0 Å². The standard InChI is InChI=1S/C22H13F3O2/c23-22(24,25)16-10-15(12-26)21(27)19(11-16)20-17-7-3-1-5-13(17)9-14-6-2-4-8-18(14)20/h1-12,27H. The summed E-state index contributed by atoms with van der Waals surface area (Å²) in [7, 11) is 0. The van der Waals surface area contributed by atoms with Crippen molar-refractivity contribution in [2.75, 3.05) is 0 Å². The highest BCUT2D eigenvalue weighted by molar-refractivity contribution is 6.14. The van der Waals surface area contributed by atoms with E-state index in [-0.39, 0.29) is 11.8 Å². The molecular weight excluding hydrogens is 353 g/mol. The quantitative estimate of drug-likeness (QED) is 0.339. The summed E-state index contributed by atoms with van der Waals surface area (Å²) in [5, 5.41) is 13.6. The lowest BCUT2D eigenvalue weighted by Crippen LogP contribution is -2.06. The summed E-state index contributed by atoms with van der Waals surface area (Å²) in [6.07, 6.45) is -4.40. The third-order valence-corrected chi connectivity index (χ3v) is 4.63. The lowest BCUT2D eigenvalue weighted by molar-refractivity contribution is -0.137. The van der Waals surface area contributed by atoms with Crippen molar-refractivity contribution >= 4 is 27.8 Å². The summed E-state index contributed by atoms with van der Waals surface area (Å²) in [5.41, 5.74) is -0.915. The molecule has 0 amide bonds. The number of hydrogen-bond acceptors (Lipinski definition) is 2. The molecule has 0 aliphatic rings. The molecule has 0 heterocycles. The van der Waals surface area contributed by atoms with Gasteiger partial charge in [-0.1, -0.05) is 48.5 Å². The van der Waals surface area contributed by atoms with Crippen molar-refractivity contribution in [3.63, 3.8) is 0 Å². The first kappa shape index (κ1) is 17.1. The highest BCUT2D eigenvalue weighted by Crippen LogP contribution is 2.44. The summed E-state index contributed by atoms with van der Waals surface area (Å²) in [6, 6.07) is 18.0. The summed E-state index contributed by atoms with van der Waals surface area (Å²) in [5.74, 6) is -0.459. The Balaban J connectivity index is 2.20. The molecule has 0 fully saturated rings. The van der Waals surface area contributed by atoms with Gasteiger partial charge < -0.3 is 5.11 Å². The lowest BCUT2D eigenvalue weighted by atomic mass is 9.89. The van der Waals surface area contributed by atoms with Crippen LogP contribution < -0.4 is 0 Å². The Bertz CT molecular complexity index is 1140. The van der Waals surface area contributed by atoms with Gasteiger partial charge in [0.25, 0.3) is 0 Å². The van der Waals surface area contributed by atoms with Gasteiger partial charge in [-0.05, 0) is 39.7 Å². The number of benzene rings is 4. The molecule has 4 rings (SSSR count). The molecule has 0 saturated carbocycles. The van der Waals surface area contributed by atoms with Crippen LogP contribution in [0.15, 0.2) is 66.7 Å². The number of fused-ring (bicyclic) bond motifs is 2. The second kappa shape index (κ2) is 6.13. The number of alkyl halides is 3. The Morgan fingerprint density at radius 3 is 1.89 bits per heavy atom. The van der Waals surface area contributed by atoms with Crippen molar-refractivity contribution in [2.24, 2.45) is 0 Å². The molecular formula is C22H13F3O2. The molecule has 2 nitrogen and oxygen atoms in total.